The molecule has 0 aliphatic carbocycles. The van der Waals surface area contributed by atoms with Gasteiger partial charge in [0.1, 0.15) is 11.5 Å². The summed E-state index contributed by atoms with van der Waals surface area (Å²) in [5.41, 5.74) is 2.41. The minimum atomic E-state index is -0.349. The summed E-state index contributed by atoms with van der Waals surface area (Å²) in [5.74, 6) is 0.0566. The van der Waals surface area contributed by atoms with Gasteiger partial charge in [-0.15, -0.1) is 0 Å². The molecular formula is C19H18FN5O2. The zero-order valence-electron chi connectivity index (χ0n) is 14.5. The number of amides is 1. The van der Waals surface area contributed by atoms with Crippen LogP contribution in [-0.4, -0.2) is 27.6 Å². The van der Waals surface area contributed by atoms with Crippen LogP contribution in [0.2, 0.25) is 0 Å². The molecule has 27 heavy (non-hydrogen) atoms. The van der Waals surface area contributed by atoms with Crippen molar-refractivity contribution >= 4 is 11.6 Å². The largest absolute Gasteiger partial charge is 0.339 e. The van der Waals surface area contributed by atoms with Crippen molar-refractivity contribution in [2.75, 3.05) is 11.9 Å². The van der Waals surface area contributed by atoms with Gasteiger partial charge in [-0.1, -0.05) is 17.3 Å². The molecule has 1 aromatic carbocycles. The van der Waals surface area contributed by atoms with E-state index in [2.05, 4.69) is 25.8 Å². The van der Waals surface area contributed by atoms with Gasteiger partial charge < -0.3 is 15.2 Å². The molecule has 4 rings (SSSR count). The van der Waals surface area contributed by atoms with Crippen LogP contribution in [0.15, 0.2) is 41.1 Å². The molecule has 3 heterocycles. The Balaban J connectivity index is 1.37. The molecule has 3 aromatic rings. The molecule has 8 heteroatoms. The molecule has 0 radical (unpaired) electrons. The topological polar surface area (TPSA) is 92.9 Å². The van der Waals surface area contributed by atoms with Crippen molar-refractivity contribution in [1.82, 2.24) is 20.4 Å². The molecule has 0 spiro atoms. The van der Waals surface area contributed by atoms with E-state index in [1.165, 1.54) is 0 Å². The van der Waals surface area contributed by atoms with E-state index in [9.17, 15) is 9.18 Å². The summed E-state index contributed by atoms with van der Waals surface area (Å²) in [5, 5.41) is 9.70. The number of aryl methyl sites for hydroxylation is 1. The third-order valence-corrected chi connectivity index (χ3v) is 4.41. The third-order valence-electron chi connectivity index (χ3n) is 4.41. The molecule has 1 amide bonds. The van der Waals surface area contributed by atoms with Gasteiger partial charge in [0.05, 0.1) is 5.69 Å². The first-order chi connectivity index (χ1) is 13.2. The molecule has 2 aromatic heterocycles. The number of halogens is 1. The van der Waals surface area contributed by atoms with Crippen LogP contribution in [0.4, 0.5) is 10.1 Å². The second-order valence-corrected chi connectivity index (χ2v) is 6.27. The molecule has 0 atom stereocenters. The summed E-state index contributed by atoms with van der Waals surface area (Å²) < 4.78 is 19.7. The summed E-state index contributed by atoms with van der Waals surface area (Å²) in [6, 6.07) is 8.85. The van der Waals surface area contributed by atoms with Crippen LogP contribution in [-0.2, 0) is 24.2 Å². The van der Waals surface area contributed by atoms with Crippen LogP contribution in [0.5, 0.6) is 0 Å². The fourth-order valence-corrected chi connectivity index (χ4v) is 3.02. The minimum absolute atomic E-state index is 0.113. The van der Waals surface area contributed by atoms with Gasteiger partial charge in [0.25, 0.3) is 0 Å². The number of hydrogen-bond donors (Lipinski definition) is 2. The number of fused-ring (bicyclic) bond motifs is 1. The standard InChI is InChI=1S/C19H18FN5O2/c20-18-13-8-10-21-11-12(13)4-5-14(18)23-16(26)6-7-17-24-19(25-27-17)15-3-1-2-9-22-15/h1-5,9,21H,6-8,10-11H2,(H,23,26). The first-order valence-electron chi connectivity index (χ1n) is 8.75. The van der Waals surface area contributed by atoms with E-state index in [-0.39, 0.29) is 30.3 Å². The Labute approximate surface area is 155 Å². The zero-order valence-corrected chi connectivity index (χ0v) is 14.5. The van der Waals surface area contributed by atoms with Gasteiger partial charge in [0.2, 0.25) is 17.6 Å². The van der Waals surface area contributed by atoms with E-state index in [0.29, 0.717) is 35.9 Å². The van der Waals surface area contributed by atoms with E-state index in [0.717, 1.165) is 12.1 Å². The van der Waals surface area contributed by atoms with Crippen LogP contribution in [0, 0.1) is 5.82 Å². The number of anilines is 1. The highest BCUT2D eigenvalue weighted by Gasteiger charge is 2.18. The van der Waals surface area contributed by atoms with Crippen molar-refractivity contribution in [2.24, 2.45) is 0 Å². The van der Waals surface area contributed by atoms with E-state index in [4.69, 9.17) is 4.52 Å². The molecule has 1 aliphatic heterocycles. The van der Waals surface area contributed by atoms with Crippen LogP contribution >= 0.6 is 0 Å². The predicted octanol–water partition coefficient (Wildman–Crippen LogP) is 2.49. The van der Waals surface area contributed by atoms with Crippen molar-refractivity contribution in [2.45, 2.75) is 25.8 Å². The first kappa shape index (κ1) is 17.3. The van der Waals surface area contributed by atoms with Crippen LogP contribution < -0.4 is 10.6 Å². The summed E-state index contributed by atoms with van der Waals surface area (Å²) in [7, 11) is 0. The number of hydrogen-bond acceptors (Lipinski definition) is 6. The van der Waals surface area contributed by atoms with Gasteiger partial charge in [0, 0.05) is 25.6 Å². The van der Waals surface area contributed by atoms with Gasteiger partial charge in [-0.05, 0) is 42.3 Å². The molecule has 0 unspecified atom stereocenters. The number of nitrogens with one attached hydrogen (secondary N) is 2. The summed E-state index contributed by atoms with van der Waals surface area (Å²) >= 11 is 0. The van der Waals surface area contributed by atoms with Crippen molar-refractivity contribution in [1.29, 1.82) is 0 Å². The van der Waals surface area contributed by atoms with Crippen molar-refractivity contribution in [3.05, 3.63) is 59.4 Å². The van der Waals surface area contributed by atoms with Crippen LogP contribution in [0.1, 0.15) is 23.4 Å². The lowest BCUT2D eigenvalue weighted by atomic mass is 9.99. The maximum atomic E-state index is 14.6. The van der Waals surface area contributed by atoms with Crippen molar-refractivity contribution < 1.29 is 13.7 Å². The summed E-state index contributed by atoms with van der Waals surface area (Å²) in [6.45, 7) is 1.38. The van der Waals surface area contributed by atoms with E-state index in [1.807, 2.05) is 12.1 Å². The van der Waals surface area contributed by atoms with Gasteiger partial charge in [-0.25, -0.2) is 4.39 Å². The Bertz CT molecular complexity index is 958. The Morgan fingerprint density at radius 3 is 3.07 bits per heavy atom. The smallest absolute Gasteiger partial charge is 0.227 e. The number of aromatic nitrogens is 3. The maximum absolute atomic E-state index is 14.6. The molecule has 0 fully saturated rings. The molecule has 7 nitrogen and oxygen atoms in total. The third kappa shape index (κ3) is 3.85. The number of pyridine rings is 1. The van der Waals surface area contributed by atoms with E-state index >= 15 is 0 Å². The Morgan fingerprint density at radius 2 is 2.22 bits per heavy atom. The van der Waals surface area contributed by atoms with Gasteiger partial charge >= 0.3 is 0 Å². The van der Waals surface area contributed by atoms with Gasteiger partial charge in [-0.3, -0.25) is 9.78 Å². The fraction of sp³-hybridized carbons (Fsp3) is 0.263. The molecule has 0 bridgehead atoms. The number of benzene rings is 1. The summed E-state index contributed by atoms with van der Waals surface area (Å²) in [4.78, 5) is 20.6. The Hall–Kier alpha value is -3.13. The molecular weight excluding hydrogens is 349 g/mol. The quantitative estimate of drug-likeness (QED) is 0.720. The average Bonchev–Trinajstić information content (AvgIpc) is 3.19. The number of nitrogens with zero attached hydrogens (tertiary/aromatic N) is 3. The SMILES string of the molecule is O=C(CCc1nc(-c2ccccn2)no1)Nc1ccc2c(c1F)CCNC2. The van der Waals surface area contributed by atoms with Gasteiger partial charge in [0.15, 0.2) is 0 Å². The van der Waals surface area contributed by atoms with Gasteiger partial charge in [-0.2, -0.15) is 4.98 Å². The fourth-order valence-electron chi connectivity index (χ4n) is 3.02. The lowest BCUT2D eigenvalue weighted by Gasteiger charge is -2.19. The lowest BCUT2D eigenvalue weighted by molar-refractivity contribution is -0.116. The summed E-state index contributed by atoms with van der Waals surface area (Å²) in [6.07, 6.45) is 2.63. The lowest BCUT2D eigenvalue weighted by Crippen LogP contribution is -2.25. The molecule has 1 aliphatic rings. The normalized spacial score (nSPS) is 13.2. The first-order valence-corrected chi connectivity index (χ1v) is 8.75. The van der Waals surface area contributed by atoms with E-state index < -0.39 is 0 Å². The van der Waals surface area contributed by atoms with E-state index in [1.54, 1.807) is 24.4 Å². The van der Waals surface area contributed by atoms with Crippen LogP contribution in [0.25, 0.3) is 11.5 Å². The van der Waals surface area contributed by atoms with Crippen molar-refractivity contribution in [3.8, 4) is 11.5 Å². The zero-order chi connectivity index (χ0) is 18.6. The molecule has 0 saturated carbocycles. The second-order valence-electron chi connectivity index (χ2n) is 6.27. The molecule has 2 N–H and O–H groups in total. The minimum Gasteiger partial charge on any atom is -0.339 e. The predicted molar refractivity (Wildman–Crippen MR) is 96.3 cm³/mol. The van der Waals surface area contributed by atoms with Crippen LogP contribution in [0.3, 0.4) is 0 Å². The maximum Gasteiger partial charge on any atom is 0.227 e. The number of carbonyl (C=O) groups is 1. The highest BCUT2D eigenvalue weighted by molar-refractivity contribution is 5.91. The highest BCUT2D eigenvalue weighted by atomic mass is 19.1. The monoisotopic (exact) mass is 367 g/mol. The average molecular weight is 367 g/mol. The number of carbonyl (C=O) groups excluding carboxylic acids is 1. The second kappa shape index (κ2) is 7.63. The number of rotatable bonds is 5. The highest BCUT2D eigenvalue weighted by Crippen LogP contribution is 2.24. The Morgan fingerprint density at radius 1 is 1.30 bits per heavy atom. The van der Waals surface area contributed by atoms with Crippen molar-refractivity contribution in [3.63, 3.8) is 0 Å². The molecule has 138 valence electrons. The Kier molecular flexibility index (Phi) is 4.88. The molecule has 0 saturated heterocycles.